The van der Waals surface area contributed by atoms with Crippen LogP contribution in [0.15, 0.2) is 4.99 Å². The molecule has 0 spiro atoms. The summed E-state index contributed by atoms with van der Waals surface area (Å²) >= 11 is 0. The second-order valence-corrected chi connectivity index (χ2v) is 10.6. The van der Waals surface area contributed by atoms with Crippen molar-refractivity contribution in [1.82, 2.24) is 20.3 Å². The Bertz CT molecular complexity index is 597. The molecule has 1 atom stereocenters. The number of hydrogen-bond acceptors (Lipinski definition) is 5. The van der Waals surface area contributed by atoms with Gasteiger partial charge in [-0.15, -0.1) is 0 Å². The molecule has 0 radical (unpaired) electrons. The van der Waals surface area contributed by atoms with E-state index in [2.05, 4.69) is 34.1 Å². The minimum atomic E-state index is -3.34. The summed E-state index contributed by atoms with van der Waals surface area (Å²) in [6.07, 6.45) is 6.91. The molecular weight excluding hydrogens is 390 g/mol. The topological polar surface area (TPSA) is 95.1 Å². The molecule has 0 aromatic rings. The summed E-state index contributed by atoms with van der Waals surface area (Å²) in [6.45, 7) is 11.5. The third-order valence-electron chi connectivity index (χ3n) is 5.65. The van der Waals surface area contributed by atoms with E-state index in [9.17, 15) is 8.42 Å². The van der Waals surface area contributed by atoms with Crippen LogP contribution in [0.2, 0.25) is 0 Å². The van der Waals surface area contributed by atoms with Crippen molar-refractivity contribution in [2.75, 3.05) is 51.6 Å². The highest BCUT2D eigenvalue weighted by Gasteiger charge is 2.27. The van der Waals surface area contributed by atoms with Crippen molar-refractivity contribution in [2.45, 2.75) is 70.9 Å². The Morgan fingerprint density at radius 2 is 1.90 bits per heavy atom. The van der Waals surface area contributed by atoms with Crippen molar-refractivity contribution in [2.24, 2.45) is 4.99 Å². The van der Waals surface area contributed by atoms with E-state index < -0.39 is 10.0 Å². The van der Waals surface area contributed by atoms with Gasteiger partial charge in [0.2, 0.25) is 10.0 Å². The second-order valence-electron chi connectivity index (χ2n) is 8.64. The fraction of sp³-hybridized carbons (Fsp3) is 0.950. The first-order valence-corrected chi connectivity index (χ1v) is 12.8. The Morgan fingerprint density at radius 1 is 1.14 bits per heavy atom. The summed E-state index contributed by atoms with van der Waals surface area (Å²) < 4.78 is 32.8. The highest BCUT2D eigenvalue weighted by Crippen LogP contribution is 2.20. The van der Waals surface area contributed by atoms with Crippen molar-refractivity contribution in [3.05, 3.63) is 0 Å². The van der Waals surface area contributed by atoms with Gasteiger partial charge < -0.3 is 15.4 Å². The number of guanidine groups is 1. The third-order valence-corrected chi connectivity index (χ3v) is 7.00. The Kier molecular flexibility index (Phi) is 10.1. The number of ether oxygens (including phenoxy) is 1. The lowest BCUT2D eigenvalue weighted by molar-refractivity contribution is 0.0200. The zero-order valence-electron chi connectivity index (χ0n) is 18.5. The lowest BCUT2D eigenvalue weighted by Gasteiger charge is -2.40. The summed E-state index contributed by atoms with van der Waals surface area (Å²) in [5, 5.41) is 6.37. The van der Waals surface area contributed by atoms with Crippen LogP contribution in [0, 0.1) is 0 Å². The van der Waals surface area contributed by atoms with Gasteiger partial charge in [0.15, 0.2) is 5.96 Å². The van der Waals surface area contributed by atoms with Crippen molar-refractivity contribution < 1.29 is 13.2 Å². The zero-order chi connectivity index (χ0) is 21.2. The lowest BCUT2D eigenvalue weighted by atomic mass is 9.99. The van der Waals surface area contributed by atoms with Crippen LogP contribution in [0.25, 0.3) is 0 Å². The zero-order valence-corrected chi connectivity index (χ0v) is 19.3. The molecule has 8 nitrogen and oxygen atoms in total. The standard InChI is InChI=1S/C20H41N5O3S/c1-4-21-19(23-17-20(2,3)25-12-7-5-8-13-25)22-11-15-29(26,27)24-16-18-10-6-9-14-28-18/h18,24H,4-17H2,1-3H3,(H2,21,22,23). The number of sulfonamides is 1. The van der Waals surface area contributed by atoms with Crippen LogP contribution in [0.5, 0.6) is 0 Å². The van der Waals surface area contributed by atoms with Gasteiger partial charge in [0.05, 0.1) is 18.4 Å². The van der Waals surface area contributed by atoms with Gasteiger partial charge in [-0.05, 0) is 66.0 Å². The van der Waals surface area contributed by atoms with Crippen molar-refractivity contribution in [3.63, 3.8) is 0 Å². The largest absolute Gasteiger partial charge is 0.377 e. The molecule has 2 fully saturated rings. The second kappa shape index (κ2) is 12.1. The van der Waals surface area contributed by atoms with Crippen molar-refractivity contribution in [1.29, 1.82) is 0 Å². The molecule has 29 heavy (non-hydrogen) atoms. The molecule has 1 unspecified atom stereocenters. The van der Waals surface area contributed by atoms with Crippen LogP contribution in [-0.2, 0) is 14.8 Å². The molecule has 170 valence electrons. The highest BCUT2D eigenvalue weighted by molar-refractivity contribution is 7.89. The van der Waals surface area contributed by atoms with Gasteiger partial charge in [-0.3, -0.25) is 9.89 Å². The van der Waals surface area contributed by atoms with Gasteiger partial charge in [-0.2, -0.15) is 0 Å². The first-order valence-electron chi connectivity index (χ1n) is 11.2. The van der Waals surface area contributed by atoms with Crippen LogP contribution < -0.4 is 15.4 Å². The summed E-state index contributed by atoms with van der Waals surface area (Å²) in [7, 11) is -3.34. The molecule has 2 aliphatic rings. The molecule has 9 heteroatoms. The van der Waals surface area contributed by atoms with Crippen LogP contribution >= 0.6 is 0 Å². The Morgan fingerprint density at radius 3 is 2.55 bits per heavy atom. The van der Waals surface area contributed by atoms with E-state index >= 15 is 0 Å². The first-order chi connectivity index (χ1) is 13.8. The van der Waals surface area contributed by atoms with E-state index in [1.807, 2.05) is 6.92 Å². The van der Waals surface area contributed by atoms with Crippen molar-refractivity contribution in [3.8, 4) is 0 Å². The highest BCUT2D eigenvalue weighted by atomic mass is 32.2. The average molecular weight is 432 g/mol. The number of nitrogens with zero attached hydrogens (tertiary/aromatic N) is 2. The number of piperidine rings is 1. The molecule has 2 heterocycles. The number of nitrogens with one attached hydrogen (secondary N) is 3. The molecular formula is C20H41N5O3S. The summed E-state index contributed by atoms with van der Waals surface area (Å²) in [5.74, 6) is 0.683. The predicted molar refractivity (Wildman–Crippen MR) is 119 cm³/mol. The smallest absolute Gasteiger partial charge is 0.213 e. The van der Waals surface area contributed by atoms with Gasteiger partial charge in [0, 0.05) is 31.8 Å². The monoisotopic (exact) mass is 431 g/mol. The predicted octanol–water partition coefficient (Wildman–Crippen LogP) is 1.29. The van der Waals surface area contributed by atoms with E-state index in [1.54, 1.807) is 0 Å². The maximum Gasteiger partial charge on any atom is 0.213 e. The molecule has 0 aromatic carbocycles. The first kappa shape index (κ1) is 24.4. The Balaban J connectivity index is 1.77. The maximum absolute atomic E-state index is 12.3. The minimum Gasteiger partial charge on any atom is -0.377 e. The number of aliphatic imine (C=N–C) groups is 1. The Hall–Kier alpha value is -0.900. The average Bonchev–Trinajstić information content (AvgIpc) is 2.72. The van der Waals surface area contributed by atoms with E-state index in [-0.39, 0.29) is 17.4 Å². The number of likely N-dealkylation sites (tertiary alicyclic amines) is 1. The molecule has 0 bridgehead atoms. The summed E-state index contributed by atoms with van der Waals surface area (Å²) in [5.41, 5.74) is -0.00357. The fourth-order valence-electron chi connectivity index (χ4n) is 3.78. The van der Waals surface area contributed by atoms with Crippen LogP contribution in [0.3, 0.4) is 0 Å². The lowest BCUT2D eigenvalue weighted by Crippen LogP contribution is -2.50. The number of rotatable bonds is 10. The van der Waals surface area contributed by atoms with E-state index in [0.29, 0.717) is 25.6 Å². The van der Waals surface area contributed by atoms with Gasteiger partial charge in [0.1, 0.15) is 0 Å². The molecule has 2 saturated heterocycles. The van der Waals surface area contributed by atoms with Crippen LogP contribution in [0.4, 0.5) is 0 Å². The van der Waals surface area contributed by atoms with Gasteiger partial charge in [-0.25, -0.2) is 13.1 Å². The van der Waals surface area contributed by atoms with E-state index in [1.165, 1.54) is 19.3 Å². The maximum atomic E-state index is 12.3. The molecule has 0 aliphatic carbocycles. The third kappa shape index (κ3) is 9.19. The minimum absolute atomic E-state index is 0.00221. The fourth-order valence-corrected chi connectivity index (χ4v) is 4.73. The summed E-state index contributed by atoms with van der Waals surface area (Å²) in [4.78, 5) is 7.22. The SMILES string of the molecule is CCNC(=NCC(C)(C)N1CCCCC1)NCCS(=O)(=O)NCC1CCCCO1. The normalized spacial score (nSPS) is 22.4. The molecule has 2 rings (SSSR count). The van der Waals surface area contributed by atoms with Gasteiger partial charge >= 0.3 is 0 Å². The van der Waals surface area contributed by atoms with Crippen molar-refractivity contribution >= 4 is 16.0 Å². The van der Waals surface area contributed by atoms with Gasteiger partial charge in [0.25, 0.3) is 0 Å². The summed E-state index contributed by atoms with van der Waals surface area (Å²) in [6, 6.07) is 0. The Labute approximate surface area is 177 Å². The molecule has 2 aliphatic heterocycles. The molecule has 3 N–H and O–H groups in total. The van der Waals surface area contributed by atoms with Crippen LogP contribution in [-0.4, -0.2) is 82.5 Å². The molecule has 0 amide bonds. The molecule has 0 saturated carbocycles. The van der Waals surface area contributed by atoms with Gasteiger partial charge in [-0.1, -0.05) is 6.42 Å². The van der Waals surface area contributed by atoms with Crippen LogP contribution in [0.1, 0.15) is 59.3 Å². The van der Waals surface area contributed by atoms with E-state index in [0.717, 1.165) is 45.5 Å². The number of hydrogen-bond donors (Lipinski definition) is 3. The molecule has 0 aromatic heterocycles. The quantitative estimate of drug-likeness (QED) is 0.356. The van der Waals surface area contributed by atoms with E-state index in [4.69, 9.17) is 9.73 Å².